The molecule has 1 aromatic carbocycles. The van der Waals surface area contributed by atoms with E-state index in [1.807, 2.05) is 0 Å². The number of carbonyl (C=O) groups excluding carboxylic acids is 2. The monoisotopic (exact) mass is 274 g/mol. The van der Waals surface area contributed by atoms with E-state index >= 15 is 0 Å². The van der Waals surface area contributed by atoms with Crippen LogP contribution in [0.15, 0.2) is 18.2 Å². The number of halogens is 3. The smallest absolute Gasteiger partial charge is 0.416 e. The SMILES string of the molecule is COc1ccc(C2CC(=O)OC2=O)c(C(F)(F)F)c1. The molecule has 0 aliphatic carbocycles. The molecule has 0 aromatic heterocycles. The van der Waals surface area contributed by atoms with Crippen LogP contribution in [0.1, 0.15) is 23.5 Å². The zero-order chi connectivity index (χ0) is 14.2. The number of benzene rings is 1. The third-order valence-electron chi connectivity index (χ3n) is 2.81. The summed E-state index contributed by atoms with van der Waals surface area (Å²) in [6.07, 6.45) is -5.02. The van der Waals surface area contributed by atoms with Crippen molar-refractivity contribution in [2.45, 2.75) is 18.5 Å². The van der Waals surface area contributed by atoms with Gasteiger partial charge in [-0.15, -0.1) is 0 Å². The summed E-state index contributed by atoms with van der Waals surface area (Å²) in [7, 11) is 1.24. The van der Waals surface area contributed by atoms with E-state index in [1.165, 1.54) is 13.2 Å². The largest absolute Gasteiger partial charge is 0.497 e. The molecule has 0 N–H and O–H groups in total. The van der Waals surface area contributed by atoms with Gasteiger partial charge in [0, 0.05) is 0 Å². The van der Waals surface area contributed by atoms with E-state index in [1.54, 1.807) is 0 Å². The Morgan fingerprint density at radius 2 is 2.00 bits per heavy atom. The lowest BCUT2D eigenvalue weighted by Gasteiger charge is -2.16. The van der Waals surface area contributed by atoms with E-state index in [4.69, 9.17) is 4.74 Å². The molecule has 1 aromatic rings. The summed E-state index contributed by atoms with van der Waals surface area (Å²) in [5.41, 5.74) is -1.27. The van der Waals surface area contributed by atoms with Gasteiger partial charge in [0.2, 0.25) is 0 Å². The fraction of sp³-hybridized carbons (Fsp3) is 0.333. The van der Waals surface area contributed by atoms with Crippen LogP contribution in [-0.2, 0) is 20.5 Å². The zero-order valence-electron chi connectivity index (χ0n) is 9.78. The van der Waals surface area contributed by atoms with Gasteiger partial charge in [0.05, 0.1) is 25.0 Å². The predicted molar refractivity (Wildman–Crippen MR) is 56.5 cm³/mol. The molecule has 2 rings (SSSR count). The zero-order valence-corrected chi connectivity index (χ0v) is 9.78. The summed E-state index contributed by atoms with van der Waals surface area (Å²) in [6, 6.07) is 3.23. The van der Waals surface area contributed by atoms with Gasteiger partial charge in [-0.05, 0) is 17.7 Å². The number of alkyl halides is 3. The Labute approximate surface area is 106 Å². The average molecular weight is 274 g/mol. The molecule has 1 heterocycles. The number of rotatable bonds is 2. The minimum absolute atomic E-state index is 0.0220. The molecule has 0 spiro atoms. The summed E-state index contributed by atoms with van der Waals surface area (Å²) >= 11 is 0. The first-order valence-corrected chi connectivity index (χ1v) is 5.32. The minimum atomic E-state index is -4.64. The molecule has 0 saturated carbocycles. The first-order chi connectivity index (χ1) is 8.82. The minimum Gasteiger partial charge on any atom is -0.497 e. The number of cyclic esters (lactones) is 2. The van der Waals surface area contributed by atoms with E-state index in [9.17, 15) is 22.8 Å². The molecule has 1 aliphatic heterocycles. The Morgan fingerprint density at radius 3 is 2.47 bits per heavy atom. The number of hydrogen-bond acceptors (Lipinski definition) is 4. The highest BCUT2D eigenvalue weighted by molar-refractivity contribution is 5.98. The first kappa shape index (κ1) is 13.4. The molecule has 19 heavy (non-hydrogen) atoms. The van der Waals surface area contributed by atoms with Gasteiger partial charge in [-0.2, -0.15) is 13.2 Å². The highest BCUT2D eigenvalue weighted by Crippen LogP contribution is 2.40. The standard InChI is InChI=1S/C12H9F3O4/c1-18-6-2-3-7(9(4-6)12(13,14)15)8-5-10(16)19-11(8)17/h2-4,8H,5H2,1H3. The maximum atomic E-state index is 12.9. The van der Waals surface area contributed by atoms with Crippen LogP contribution >= 0.6 is 0 Å². The fourth-order valence-corrected chi connectivity index (χ4v) is 1.92. The van der Waals surface area contributed by atoms with Crippen LogP contribution < -0.4 is 4.74 Å². The number of methoxy groups -OCH3 is 1. The van der Waals surface area contributed by atoms with Gasteiger partial charge in [0.25, 0.3) is 0 Å². The van der Waals surface area contributed by atoms with Crippen molar-refractivity contribution in [3.8, 4) is 5.75 Å². The Balaban J connectivity index is 2.51. The summed E-state index contributed by atoms with van der Waals surface area (Å²) in [5, 5.41) is 0. The molecule has 1 fully saturated rings. The van der Waals surface area contributed by atoms with Crippen LogP contribution in [0, 0.1) is 0 Å². The maximum Gasteiger partial charge on any atom is 0.416 e. The van der Waals surface area contributed by atoms with Crippen LogP contribution in [-0.4, -0.2) is 19.0 Å². The van der Waals surface area contributed by atoms with Crippen molar-refractivity contribution in [3.63, 3.8) is 0 Å². The lowest BCUT2D eigenvalue weighted by Crippen LogP contribution is -2.15. The van der Waals surface area contributed by atoms with Crippen LogP contribution in [0.4, 0.5) is 13.2 Å². The fourth-order valence-electron chi connectivity index (χ4n) is 1.92. The van der Waals surface area contributed by atoms with Crippen LogP contribution in [0.5, 0.6) is 5.75 Å². The van der Waals surface area contributed by atoms with Gasteiger partial charge in [-0.25, -0.2) is 0 Å². The second kappa shape index (κ2) is 4.56. The highest BCUT2D eigenvalue weighted by Gasteiger charge is 2.42. The van der Waals surface area contributed by atoms with Gasteiger partial charge in [0.1, 0.15) is 5.75 Å². The molecule has 1 saturated heterocycles. The molecule has 1 aliphatic rings. The Morgan fingerprint density at radius 1 is 1.32 bits per heavy atom. The molecular weight excluding hydrogens is 265 g/mol. The lowest BCUT2D eigenvalue weighted by atomic mass is 9.92. The lowest BCUT2D eigenvalue weighted by molar-refractivity contribution is -0.152. The number of esters is 2. The van der Waals surface area contributed by atoms with Crippen molar-refractivity contribution in [2.24, 2.45) is 0 Å². The second-order valence-electron chi connectivity index (χ2n) is 4.00. The summed E-state index contributed by atoms with van der Waals surface area (Å²) in [5.74, 6) is -2.97. The van der Waals surface area contributed by atoms with E-state index < -0.39 is 29.6 Å². The van der Waals surface area contributed by atoms with Crippen LogP contribution in [0.25, 0.3) is 0 Å². The molecule has 1 atom stereocenters. The quantitative estimate of drug-likeness (QED) is 0.613. The highest BCUT2D eigenvalue weighted by atomic mass is 19.4. The molecule has 4 nitrogen and oxygen atoms in total. The van der Waals surface area contributed by atoms with Crippen molar-refractivity contribution in [1.82, 2.24) is 0 Å². The van der Waals surface area contributed by atoms with Crippen molar-refractivity contribution in [2.75, 3.05) is 7.11 Å². The van der Waals surface area contributed by atoms with E-state index in [0.717, 1.165) is 12.1 Å². The molecule has 0 amide bonds. The molecule has 1 unspecified atom stereocenters. The van der Waals surface area contributed by atoms with Crippen molar-refractivity contribution in [3.05, 3.63) is 29.3 Å². The maximum absolute atomic E-state index is 12.9. The molecule has 0 bridgehead atoms. The van der Waals surface area contributed by atoms with Gasteiger partial charge in [0.15, 0.2) is 0 Å². The van der Waals surface area contributed by atoms with Gasteiger partial charge >= 0.3 is 18.1 Å². The Hall–Kier alpha value is -2.05. The van der Waals surface area contributed by atoms with Crippen LogP contribution in [0.2, 0.25) is 0 Å². The molecular formula is C12H9F3O4. The first-order valence-electron chi connectivity index (χ1n) is 5.32. The van der Waals surface area contributed by atoms with Crippen molar-refractivity contribution in [1.29, 1.82) is 0 Å². The third kappa shape index (κ3) is 2.54. The van der Waals surface area contributed by atoms with Gasteiger partial charge in [-0.1, -0.05) is 6.07 Å². The Bertz CT molecular complexity index is 536. The van der Waals surface area contributed by atoms with E-state index in [0.29, 0.717) is 0 Å². The second-order valence-corrected chi connectivity index (χ2v) is 4.00. The predicted octanol–water partition coefficient (Wildman–Crippen LogP) is 2.27. The number of ether oxygens (including phenoxy) is 2. The van der Waals surface area contributed by atoms with Gasteiger partial charge < -0.3 is 9.47 Å². The normalized spacial score (nSPS) is 19.5. The topological polar surface area (TPSA) is 52.6 Å². The number of carbonyl (C=O) groups is 2. The Kier molecular flexibility index (Phi) is 3.21. The van der Waals surface area contributed by atoms with E-state index in [2.05, 4.69) is 4.74 Å². The van der Waals surface area contributed by atoms with Crippen molar-refractivity contribution >= 4 is 11.9 Å². The number of hydrogen-bond donors (Lipinski definition) is 0. The van der Waals surface area contributed by atoms with Crippen LogP contribution in [0.3, 0.4) is 0 Å². The average Bonchev–Trinajstić information content (AvgIpc) is 2.66. The van der Waals surface area contributed by atoms with Gasteiger partial charge in [-0.3, -0.25) is 9.59 Å². The summed E-state index contributed by atoms with van der Waals surface area (Å²) in [4.78, 5) is 22.3. The third-order valence-corrected chi connectivity index (χ3v) is 2.81. The molecule has 7 heteroatoms. The van der Waals surface area contributed by atoms with E-state index in [-0.39, 0.29) is 17.7 Å². The molecule has 102 valence electrons. The van der Waals surface area contributed by atoms with Crippen molar-refractivity contribution < 1.29 is 32.2 Å². The summed E-state index contributed by atoms with van der Waals surface area (Å²) < 4.78 is 47.9. The molecule has 0 radical (unpaired) electrons. The summed E-state index contributed by atoms with van der Waals surface area (Å²) in [6.45, 7) is 0.